The number of benzene rings is 1. The van der Waals surface area contributed by atoms with Gasteiger partial charge in [-0.05, 0) is 24.6 Å². The van der Waals surface area contributed by atoms with E-state index in [1.165, 1.54) is 18.0 Å². The fraction of sp³-hybridized carbons (Fsp3) is 0.417. The van der Waals surface area contributed by atoms with Gasteiger partial charge in [0.05, 0.1) is 18.3 Å². The average molecular weight is 240 g/mol. The van der Waals surface area contributed by atoms with E-state index in [4.69, 9.17) is 0 Å². The zero-order chi connectivity index (χ0) is 13.0. The van der Waals surface area contributed by atoms with Crippen molar-refractivity contribution < 1.29 is 14.3 Å². The lowest BCUT2D eigenvalue weighted by Gasteiger charge is -2.19. The van der Waals surface area contributed by atoms with Gasteiger partial charge in [-0.15, -0.1) is 0 Å². The molecule has 94 valence electrons. The Kier molecular flexibility index (Phi) is 4.45. The predicted molar refractivity (Wildman–Crippen MR) is 64.4 cm³/mol. The van der Waals surface area contributed by atoms with Crippen molar-refractivity contribution in [3.05, 3.63) is 29.6 Å². The molecule has 1 atom stereocenters. The van der Waals surface area contributed by atoms with Crippen LogP contribution >= 0.6 is 0 Å². The van der Waals surface area contributed by atoms with E-state index in [0.29, 0.717) is 11.3 Å². The molecule has 17 heavy (non-hydrogen) atoms. The van der Waals surface area contributed by atoms with Gasteiger partial charge in [-0.3, -0.25) is 4.79 Å². The van der Waals surface area contributed by atoms with Gasteiger partial charge in [-0.25, -0.2) is 4.39 Å². The lowest BCUT2D eigenvalue weighted by Crippen LogP contribution is -2.33. The van der Waals surface area contributed by atoms with Gasteiger partial charge in [0.1, 0.15) is 5.82 Å². The largest absolute Gasteiger partial charge is 0.389 e. The second-order valence-corrected chi connectivity index (χ2v) is 3.92. The molecule has 1 rings (SSSR count). The number of hydrogen-bond donors (Lipinski definition) is 2. The van der Waals surface area contributed by atoms with Crippen LogP contribution in [0.3, 0.4) is 0 Å². The van der Waals surface area contributed by atoms with E-state index >= 15 is 0 Å². The summed E-state index contributed by atoms with van der Waals surface area (Å²) in [6.07, 6.45) is -0.706. The van der Waals surface area contributed by atoms with E-state index in [1.807, 2.05) is 0 Å². The van der Waals surface area contributed by atoms with Crippen LogP contribution in [0.5, 0.6) is 0 Å². The summed E-state index contributed by atoms with van der Waals surface area (Å²) in [6, 6.07) is 4.48. The van der Waals surface area contributed by atoms with E-state index in [-0.39, 0.29) is 12.5 Å². The Bertz CT molecular complexity index is 407. The number of carbonyl (C=O) groups is 1. The SMILES string of the molecule is CNC(=O)CN(C)c1ccc([C@@H](C)O)cc1F. The van der Waals surface area contributed by atoms with Crippen LogP contribution in [0.25, 0.3) is 0 Å². The highest BCUT2D eigenvalue weighted by molar-refractivity contribution is 5.80. The quantitative estimate of drug-likeness (QED) is 0.827. The van der Waals surface area contributed by atoms with Crippen LogP contribution in [0.1, 0.15) is 18.6 Å². The first-order valence-electron chi connectivity index (χ1n) is 5.35. The number of amides is 1. The number of likely N-dealkylation sites (N-methyl/N-ethyl adjacent to an activating group) is 2. The van der Waals surface area contributed by atoms with E-state index < -0.39 is 11.9 Å². The summed E-state index contributed by atoms with van der Waals surface area (Å²) >= 11 is 0. The summed E-state index contributed by atoms with van der Waals surface area (Å²) < 4.78 is 13.7. The molecule has 0 bridgehead atoms. The van der Waals surface area contributed by atoms with E-state index in [1.54, 1.807) is 26.1 Å². The molecule has 0 saturated heterocycles. The molecule has 4 nitrogen and oxygen atoms in total. The molecule has 0 heterocycles. The highest BCUT2D eigenvalue weighted by Crippen LogP contribution is 2.22. The lowest BCUT2D eigenvalue weighted by atomic mass is 10.1. The first kappa shape index (κ1) is 13.4. The average Bonchev–Trinajstić information content (AvgIpc) is 2.28. The molecular formula is C12H17FN2O2. The third kappa shape index (κ3) is 3.42. The minimum absolute atomic E-state index is 0.0848. The highest BCUT2D eigenvalue weighted by atomic mass is 19.1. The second kappa shape index (κ2) is 5.63. The molecule has 0 radical (unpaired) electrons. The van der Waals surface area contributed by atoms with Gasteiger partial charge in [-0.1, -0.05) is 6.07 Å². The third-order valence-electron chi connectivity index (χ3n) is 2.53. The van der Waals surface area contributed by atoms with Gasteiger partial charge in [0, 0.05) is 14.1 Å². The number of halogens is 1. The molecule has 0 aliphatic rings. The molecule has 2 N–H and O–H groups in total. The van der Waals surface area contributed by atoms with Crippen molar-refractivity contribution in [1.82, 2.24) is 5.32 Å². The van der Waals surface area contributed by atoms with E-state index in [0.717, 1.165) is 0 Å². The first-order chi connectivity index (χ1) is 7.95. The van der Waals surface area contributed by atoms with Crippen molar-refractivity contribution in [3.63, 3.8) is 0 Å². The number of hydrogen-bond acceptors (Lipinski definition) is 3. The number of aliphatic hydroxyl groups is 1. The van der Waals surface area contributed by atoms with Gasteiger partial charge in [0.25, 0.3) is 0 Å². The summed E-state index contributed by atoms with van der Waals surface area (Å²) in [5.74, 6) is -0.638. The predicted octanol–water partition coefficient (Wildman–Crippen LogP) is 1.06. The zero-order valence-electron chi connectivity index (χ0n) is 10.2. The number of anilines is 1. The molecule has 0 aromatic heterocycles. The highest BCUT2D eigenvalue weighted by Gasteiger charge is 2.12. The maximum absolute atomic E-state index is 13.7. The maximum Gasteiger partial charge on any atom is 0.239 e. The van der Waals surface area contributed by atoms with Crippen LogP contribution in [0, 0.1) is 5.82 Å². The molecule has 1 amide bonds. The molecule has 1 aromatic carbocycles. The Morgan fingerprint density at radius 2 is 2.24 bits per heavy atom. The van der Waals surface area contributed by atoms with E-state index in [9.17, 15) is 14.3 Å². The van der Waals surface area contributed by atoms with Crippen molar-refractivity contribution in [1.29, 1.82) is 0 Å². The Labute approximate surface area is 100 Å². The molecule has 0 spiro atoms. The molecular weight excluding hydrogens is 223 g/mol. The van der Waals surface area contributed by atoms with Crippen molar-refractivity contribution >= 4 is 11.6 Å². The normalized spacial score (nSPS) is 12.1. The standard InChI is InChI=1S/C12H17FN2O2/c1-8(16)9-4-5-11(10(13)6-9)15(3)7-12(17)14-2/h4-6,8,16H,7H2,1-3H3,(H,14,17)/t8-/m1/s1. The van der Waals surface area contributed by atoms with Crippen molar-refractivity contribution in [2.45, 2.75) is 13.0 Å². The van der Waals surface area contributed by atoms with Gasteiger partial charge in [0.2, 0.25) is 5.91 Å². The van der Waals surface area contributed by atoms with Gasteiger partial charge >= 0.3 is 0 Å². The van der Waals surface area contributed by atoms with Gasteiger partial charge in [0.15, 0.2) is 0 Å². The fourth-order valence-electron chi connectivity index (χ4n) is 1.47. The molecule has 0 unspecified atom stereocenters. The number of nitrogens with one attached hydrogen (secondary N) is 1. The van der Waals surface area contributed by atoms with Crippen molar-refractivity contribution in [2.24, 2.45) is 0 Å². The summed E-state index contributed by atoms with van der Waals surface area (Å²) in [5.41, 5.74) is 0.845. The molecule has 1 aromatic rings. The minimum Gasteiger partial charge on any atom is -0.389 e. The Morgan fingerprint density at radius 3 is 2.71 bits per heavy atom. The van der Waals surface area contributed by atoms with Crippen LogP contribution in [0.2, 0.25) is 0 Å². The summed E-state index contributed by atoms with van der Waals surface area (Å²) in [4.78, 5) is 12.7. The molecule has 0 aliphatic carbocycles. The third-order valence-corrected chi connectivity index (χ3v) is 2.53. The molecule has 0 fully saturated rings. The van der Waals surface area contributed by atoms with Crippen LogP contribution in [0.4, 0.5) is 10.1 Å². The Hall–Kier alpha value is -1.62. The molecule has 0 saturated carbocycles. The van der Waals surface area contributed by atoms with Crippen molar-refractivity contribution in [2.75, 3.05) is 25.5 Å². The molecule has 5 heteroatoms. The Balaban J connectivity index is 2.88. The van der Waals surface area contributed by atoms with Crippen LogP contribution < -0.4 is 10.2 Å². The number of carbonyl (C=O) groups excluding carboxylic acids is 1. The van der Waals surface area contributed by atoms with Gasteiger partial charge < -0.3 is 15.3 Å². The topological polar surface area (TPSA) is 52.6 Å². The summed E-state index contributed by atoms with van der Waals surface area (Å²) in [7, 11) is 3.17. The zero-order valence-corrected chi connectivity index (χ0v) is 10.2. The monoisotopic (exact) mass is 240 g/mol. The second-order valence-electron chi connectivity index (χ2n) is 3.92. The van der Waals surface area contributed by atoms with Gasteiger partial charge in [-0.2, -0.15) is 0 Å². The number of nitrogens with zero attached hydrogens (tertiary/aromatic N) is 1. The van der Waals surface area contributed by atoms with Crippen LogP contribution in [0.15, 0.2) is 18.2 Å². The molecule has 0 aliphatic heterocycles. The number of aliphatic hydroxyl groups excluding tert-OH is 1. The smallest absolute Gasteiger partial charge is 0.239 e. The Morgan fingerprint density at radius 1 is 1.59 bits per heavy atom. The van der Waals surface area contributed by atoms with Crippen LogP contribution in [-0.4, -0.2) is 31.7 Å². The summed E-state index contributed by atoms with van der Waals surface area (Å²) in [6.45, 7) is 1.66. The lowest BCUT2D eigenvalue weighted by molar-refractivity contribution is -0.119. The number of rotatable bonds is 4. The van der Waals surface area contributed by atoms with Crippen molar-refractivity contribution in [3.8, 4) is 0 Å². The first-order valence-corrected chi connectivity index (χ1v) is 5.35. The fourth-order valence-corrected chi connectivity index (χ4v) is 1.47. The van der Waals surface area contributed by atoms with Crippen LogP contribution in [-0.2, 0) is 4.79 Å². The van der Waals surface area contributed by atoms with E-state index in [2.05, 4.69) is 5.32 Å². The maximum atomic E-state index is 13.7. The minimum atomic E-state index is -0.706. The summed E-state index contributed by atoms with van der Waals surface area (Å²) in [5, 5.41) is 11.8.